The third kappa shape index (κ3) is 4.26. The van der Waals surface area contributed by atoms with Gasteiger partial charge in [0.05, 0.1) is 12.2 Å². The molecule has 2 rings (SSSR count). The Bertz CT molecular complexity index is 746. The Hall–Kier alpha value is -2.23. The molecular formula is C18H21F5N2O3. The van der Waals surface area contributed by atoms with E-state index in [1.54, 1.807) is 6.92 Å². The Morgan fingerprint density at radius 1 is 1.36 bits per heavy atom. The molecule has 0 bridgehead atoms. The highest BCUT2D eigenvalue weighted by Crippen LogP contribution is 2.29. The number of nitrogens with zero attached hydrogens (tertiary/aromatic N) is 2. The summed E-state index contributed by atoms with van der Waals surface area (Å²) >= 11 is 0. The minimum atomic E-state index is -4.35. The molecule has 156 valence electrons. The molecule has 1 aromatic carbocycles. The fraction of sp³-hybridized carbons (Fsp3) is 0.556. The number of halogens is 5. The molecule has 1 fully saturated rings. The van der Waals surface area contributed by atoms with Gasteiger partial charge in [0.15, 0.2) is 6.17 Å². The van der Waals surface area contributed by atoms with E-state index in [2.05, 4.69) is 0 Å². The maximum atomic E-state index is 13.9. The van der Waals surface area contributed by atoms with Crippen molar-refractivity contribution in [3.8, 4) is 0 Å². The highest BCUT2D eigenvalue weighted by molar-refractivity contribution is 5.94. The van der Waals surface area contributed by atoms with Crippen molar-refractivity contribution in [2.24, 2.45) is 5.92 Å². The Labute approximate surface area is 158 Å². The summed E-state index contributed by atoms with van der Waals surface area (Å²) in [6.45, 7) is -0.191. The van der Waals surface area contributed by atoms with Crippen LogP contribution in [0, 0.1) is 17.6 Å². The summed E-state index contributed by atoms with van der Waals surface area (Å²) < 4.78 is 67.6. The zero-order chi connectivity index (χ0) is 21.2. The first-order chi connectivity index (χ1) is 13.0. The van der Waals surface area contributed by atoms with Crippen molar-refractivity contribution in [3.63, 3.8) is 0 Å². The van der Waals surface area contributed by atoms with Gasteiger partial charge in [0.1, 0.15) is 11.6 Å². The number of aliphatic hydroxyl groups excluding tert-OH is 1. The lowest BCUT2D eigenvalue weighted by molar-refractivity contribution is -0.172. The molecule has 1 aromatic rings. The molecule has 10 heteroatoms. The normalized spacial score (nSPS) is 21.4. The van der Waals surface area contributed by atoms with E-state index in [0.29, 0.717) is 6.07 Å². The van der Waals surface area contributed by atoms with Crippen molar-refractivity contribution in [2.75, 3.05) is 26.7 Å². The van der Waals surface area contributed by atoms with Crippen LogP contribution in [0.2, 0.25) is 0 Å². The fourth-order valence-electron chi connectivity index (χ4n) is 3.36. The van der Waals surface area contributed by atoms with Crippen molar-refractivity contribution in [2.45, 2.75) is 31.5 Å². The summed E-state index contributed by atoms with van der Waals surface area (Å²) in [5, 5.41) is 8.57. The SMILES string of the molecule is CC1CN(C(=O)C(F)(F)C(F)CO)CCC1N(C)C(=O)c1ccc(F)cc1F. The first-order valence-corrected chi connectivity index (χ1v) is 8.65. The number of amides is 2. The van der Waals surface area contributed by atoms with Crippen molar-refractivity contribution in [3.05, 3.63) is 35.4 Å². The number of carbonyl (C=O) groups excluding carboxylic acids is 2. The monoisotopic (exact) mass is 408 g/mol. The second kappa shape index (κ2) is 8.42. The number of alkyl halides is 3. The van der Waals surface area contributed by atoms with Crippen LogP contribution in [0.3, 0.4) is 0 Å². The summed E-state index contributed by atoms with van der Waals surface area (Å²) in [4.78, 5) is 26.5. The highest BCUT2D eigenvalue weighted by atomic mass is 19.3. The van der Waals surface area contributed by atoms with Gasteiger partial charge < -0.3 is 14.9 Å². The van der Waals surface area contributed by atoms with Crippen LogP contribution in [-0.2, 0) is 4.79 Å². The van der Waals surface area contributed by atoms with Crippen molar-refractivity contribution < 1.29 is 36.6 Å². The van der Waals surface area contributed by atoms with E-state index in [4.69, 9.17) is 5.11 Å². The molecule has 0 saturated carbocycles. The van der Waals surface area contributed by atoms with Gasteiger partial charge in [-0.3, -0.25) is 9.59 Å². The second-order valence-corrected chi connectivity index (χ2v) is 6.90. The molecule has 3 unspecified atom stereocenters. The summed E-state index contributed by atoms with van der Waals surface area (Å²) in [5.41, 5.74) is -0.329. The van der Waals surface area contributed by atoms with E-state index < -0.39 is 54.1 Å². The lowest BCUT2D eigenvalue weighted by atomic mass is 9.91. The number of hydrogen-bond acceptors (Lipinski definition) is 3. The molecule has 0 spiro atoms. The number of aliphatic hydroxyl groups is 1. The van der Waals surface area contributed by atoms with E-state index in [0.717, 1.165) is 17.0 Å². The first kappa shape index (κ1) is 22.1. The Kier molecular flexibility index (Phi) is 6.63. The molecule has 0 radical (unpaired) electrons. The predicted molar refractivity (Wildman–Crippen MR) is 89.5 cm³/mol. The smallest absolute Gasteiger partial charge is 0.357 e. The Morgan fingerprint density at radius 3 is 2.54 bits per heavy atom. The molecule has 1 N–H and O–H groups in total. The quantitative estimate of drug-likeness (QED) is 0.761. The summed E-state index contributed by atoms with van der Waals surface area (Å²) in [6.07, 6.45) is -2.89. The van der Waals surface area contributed by atoms with Gasteiger partial charge in [-0.25, -0.2) is 13.2 Å². The van der Waals surface area contributed by atoms with Crippen LogP contribution < -0.4 is 0 Å². The number of carbonyl (C=O) groups is 2. The molecule has 1 saturated heterocycles. The molecule has 1 aliphatic rings. The molecule has 2 amide bonds. The lowest BCUT2D eigenvalue weighted by Gasteiger charge is -2.42. The lowest BCUT2D eigenvalue weighted by Crippen LogP contribution is -2.57. The summed E-state index contributed by atoms with van der Waals surface area (Å²) in [7, 11) is 1.40. The first-order valence-electron chi connectivity index (χ1n) is 8.65. The molecule has 1 heterocycles. The van der Waals surface area contributed by atoms with Crippen LogP contribution in [0.15, 0.2) is 18.2 Å². The Balaban J connectivity index is 2.09. The van der Waals surface area contributed by atoms with Crippen LogP contribution in [0.4, 0.5) is 22.0 Å². The van der Waals surface area contributed by atoms with Crippen molar-refractivity contribution in [1.82, 2.24) is 9.80 Å². The van der Waals surface area contributed by atoms with E-state index in [1.807, 2.05) is 0 Å². The zero-order valence-corrected chi connectivity index (χ0v) is 15.3. The van der Waals surface area contributed by atoms with Crippen molar-refractivity contribution >= 4 is 11.8 Å². The third-order valence-electron chi connectivity index (χ3n) is 4.97. The second-order valence-electron chi connectivity index (χ2n) is 6.90. The average Bonchev–Trinajstić information content (AvgIpc) is 2.65. The van der Waals surface area contributed by atoms with Crippen molar-refractivity contribution in [1.29, 1.82) is 0 Å². The average molecular weight is 408 g/mol. The Morgan fingerprint density at radius 2 is 2.00 bits per heavy atom. The molecule has 0 aliphatic carbocycles. The van der Waals surface area contributed by atoms with Crippen LogP contribution in [0.25, 0.3) is 0 Å². The number of likely N-dealkylation sites (tertiary alicyclic amines) is 1. The van der Waals surface area contributed by atoms with E-state index >= 15 is 0 Å². The van der Waals surface area contributed by atoms with Gasteiger partial charge in [-0.15, -0.1) is 0 Å². The van der Waals surface area contributed by atoms with Gasteiger partial charge in [-0.2, -0.15) is 8.78 Å². The largest absolute Gasteiger partial charge is 0.393 e. The van der Waals surface area contributed by atoms with E-state index in [1.165, 1.54) is 11.9 Å². The number of piperidine rings is 1. The van der Waals surface area contributed by atoms with Crippen LogP contribution in [0.1, 0.15) is 23.7 Å². The van der Waals surface area contributed by atoms with Gasteiger partial charge in [0.25, 0.3) is 11.8 Å². The molecule has 28 heavy (non-hydrogen) atoms. The molecule has 3 atom stereocenters. The van der Waals surface area contributed by atoms with E-state index in [9.17, 15) is 31.5 Å². The highest BCUT2D eigenvalue weighted by Gasteiger charge is 2.51. The number of hydrogen-bond donors (Lipinski definition) is 1. The summed E-state index contributed by atoms with van der Waals surface area (Å²) in [5.74, 6) is -9.08. The van der Waals surface area contributed by atoms with Gasteiger partial charge in [-0.1, -0.05) is 6.92 Å². The molecule has 1 aliphatic heterocycles. The maximum absolute atomic E-state index is 13.9. The topological polar surface area (TPSA) is 60.9 Å². The summed E-state index contributed by atoms with van der Waals surface area (Å²) in [6, 6.07) is 2.06. The minimum absolute atomic E-state index is 0.115. The molecule has 0 aromatic heterocycles. The van der Waals surface area contributed by atoms with Crippen LogP contribution >= 0.6 is 0 Å². The molecule has 5 nitrogen and oxygen atoms in total. The van der Waals surface area contributed by atoms with E-state index in [-0.39, 0.29) is 25.1 Å². The maximum Gasteiger partial charge on any atom is 0.357 e. The predicted octanol–water partition coefficient (Wildman–Crippen LogP) is 2.24. The van der Waals surface area contributed by atoms with Crippen LogP contribution in [0.5, 0.6) is 0 Å². The number of benzene rings is 1. The fourth-order valence-corrected chi connectivity index (χ4v) is 3.36. The standard InChI is InChI=1S/C18H21F5N2O3/c1-10-8-25(17(28)18(22,23)15(21)9-26)6-5-14(10)24(2)16(27)12-4-3-11(19)7-13(12)20/h3-4,7,10,14-15,26H,5-6,8-9H2,1-2H3. The number of rotatable bonds is 5. The van der Waals surface area contributed by atoms with Crippen LogP contribution in [-0.4, -0.2) is 71.6 Å². The zero-order valence-electron chi connectivity index (χ0n) is 15.3. The van der Waals surface area contributed by atoms with Gasteiger partial charge >= 0.3 is 5.92 Å². The molecular weight excluding hydrogens is 387 g/mol. The van der Waals surface area contributed by atoms with Gasteiger partial charge in [-0.05, 0) is 24.5 Å². The third-order valence-corrected chi connectivity index (χ3v) is 4.97. The van der Waals surface area contributed by atoms with Gasteiger partial charge in [0, 0.05) is 32.2 Å². The minimum Gasteiger partial charge on any atom is -0.393 e. The van der Waals surface area contributed by atoms with Gasteiger partial charge in [0.2, 0.25) is 0 Å².